The van der Waals surface area contributed by atoms with E-state index >= 15 is 0 Å². The molecule has 0 saturated carbocycles. The first-order chi connectivity index (χ1) is 10.4. The highest BCUT2D eigenvalue weighted by Gasteiger charge is 2.08. The zero-order valence-corrected chi connectivity index (χ0v) is 11.5. The number of rotatable bonds is 3. The number of benzene rings is 2. The molecule has 0 radical (unpaired) electrons. The van der Waals surface area contributed by atoms with Crippen LogP contribution in [0.1, 0.15) is 11.3 Å². The fourth-order valence-corrected chi connectivity index (χ4v) is 2.35. The summed E-state index contributed by atoms with van der Waals surface area (Å²) >= 11 is 0. The third-order valence-corrected chi connectivity index (χ3v) is 3.34. The van der Waals surface area contributed by atoms with E-state index in [0.717, 1.165) is 22.4 Å². The van der Waals surface area contributed by atoms with Crippen LogP contribution in [0.15, 0.2) is 72.9 Å². The van der Waals surface area contributed by atoms with Gasteiger partial charge in [0, 0.05) is 17.5 Å². The third kappa shape index (κ3) is 2.77. The van der Waals surface area contributed by atoms with Gasteiger partial charge in [-0.05, 0) is 29.3 Å². The molecule has 0 unspecified atom stereocenters. The smallest absolute Gasteiger partial charge is 0.0998 e. The maximum atomic E-state index is 9.52. The van der Waals surface area contributed by atoms with Crippen LogP contribution in [0.3, 0.4) is 0 Å². The van der Waals surface area contributed by atoms with Gasteiger partial charge in [-0.3, -0.25) is 0 Å². The normalized spacial score (nSPS) is 11.1. The van der Waals surface area contributed by atoms with Crippen molar-refractivity contribution in [1.82, 2.24) is 4.98 Å². The van der Waals surface area contributed by atoms with Crippen molar-refractivity contribution in [2.75, 3.05) is 0 Å². The van der Waals surface area contributed by atoms with Crippen LogP contribution in [0.25, 0.3) is 22.8 Å². The largest absolute Gasteiger partial charge is 0.362 e. The van der Waals surface area contributed by atoms with E-state index in [-0.39, 0.29) is 0 Å². The van der Waals surface area contributed by atoms with Gasteiger partial charge in [-0.25, -0.2) is 0 Å². The van der Waals surface area contributed by atoms with Crippen molar-refractivity contribution in [2.45, 2.75) is 0 Å². The Bertz CT molecular complexity index is 791. The van der Waals surface area contributed by atoms with E-state index in [0.29, 0.717) is 5.57 Å². The Balaban J connectivity index is 2.13. The summed E-state index contributed by atoms with van der Waals surface area (Å²) in [5, 5.41) is 9.52. The van der Waals surface area contributed by atoms with Crippen LogP contribution in [0.4, 0.5) is 0 Å². The molecule has 0 aliphatic rings. The fourth-order valence-electron chi connectivity index (χ4n) is 2.35. The maximum Gasteiger partial charge on any atom is 0.0998 e. The standard InChI is InChI=1S/C19H14N2/c20-14-16(13-17-9-6-12-21-17)19-11-5-4-10-18(19)15-7-2-1-3-8-15/h1-13,21H/b16-13+. The predicted octanol–water partition coefficient (Wildman–Crippen LogP) is 4.75. The molecule has 2 aromatic carbocycles. The highest BCUT2D eigenvalue weighted by Crippen LogP contribution is 2.29. The van der Waals surface area contributed by atoms with Gasteiger partial charge < -0.3 is 4.98 Å². The first-order valence-corrected chi connectivity index (χ1v) is 6.78. The molecule has 2 heteroatoms. The quantitative estimate of drug-likeness (QED) is 0.686. The molecular formula is C19H14N2. The van der Waals surface area contributed by atoms with Crippen LogP contribution in [-0.2, 0) is 0 Å². The topological polar surface area (TPSA) is 39.6 Å². The van der Waals surface area contributed by atoms with Gasteiger partial charge >= 0.3 is 0 Å². The summed E-state index contributed by atoms with van der Waals surface area (Å²) in [5.74, 6) is 0. The van der Waals surface area contributed by atoms with Crippen LogP contribution in [0.5, 0.6) is 0 Å². The van der Waals surface area contributed by atoms with Crippen molar-refractivity contribution in [3.05, 3.63) is 84.2 Å². The van der Waals surface area contributed by atoms with E-state index in [9.17, 15) is 5.26 Å². The van der Waals surface area contributed by atoms with Gasteiger partial charge in [0.15, 0.2) is 0 Å². The minimum Gasteiger partial charge on any atom is -0.362 e. The molecule has 0 amide bonds. The third-order valence-electron chi connectivity index (χ3n) is 3.34. The monoisotopic (exact) mass is 270 g/mol. The number of allylic oxidation sites excluding steroid dienone is 1. The lowest BCUT2D eigenvalue weighted by atomic mass is 9.94. The summed E-state index contributed by atoms with van der Waals surface area (Å²) in [6.45, 7) is 0. The van der Waals surface area contributed by atoms with Crippen molar-refractivity contribution in [2.24, 2.45) is 0 Å². The number of H-pyrrole nitrogens is 1. The van der Waals surface area contributed by atoms with Gasteiger partial charge in [0.25, 0.3) is 0 Å². The zero-order chi connectivity index (χ0) is 14.5. The SMILES string of the molecule is N#C/C(=C\c1ccc[nH]1)c1ccccc1-c1ccccc1. The number of nitrogens with zero attached hydrogens (tertiary/aromatic N) is 1. The highest BCUT2D eigenvalue weighted by atomic mass is 14.7. The zero-order valence-electron chi connectivity index (χ0n) is 11.5. The van der Waals surface area contributed by atoms with E-state index < -0.39 is 0 Å². The molecule has 21 heavy (non-hydrogen) atoms. The summed E-state index contributed by atoms with van der Waals surface area (Å²) < 4.78 is 0. The first kappa shape index (κ1) is 13.0. The molecule has 0 aliphatic heterocycles. The molecule has 0 spiro atoms. The number of nitriles is 1. The van der Waals surface area contributed by atoms with Gasteiger partial charge in [0.2, 0.25) is 0 Å². The van der Waals surface area contributed by atoms with Crippen LogP contribution < -0.4 is 0 Å². The molecule has 0 saturated heterocycles. The van der Waals surface area contributed by atoms with Crippen molar-refractivity contribution in [1.29, 1.82) is 5.26 Å². The lowest BCUT2D eigenvalue weighted by Gasteiger charge is -2.08. The molecule has 0 fully saturated rings. The highest BCUT2D eigenvalue weighted by molar-refractivity contribution is 5.94. The molecule has 1 heterocycles. The molecule has 2 nitrogen and oxygen atoms in total. The Morgan fingerprint density at radius 2 is 1.67 bits per heavy atom. The average molecular weight is 270 g/mol. The summed E-state index contributed by atoms with van der Waals surface area (Å²) in [5.41, 5.74) is 4.70. The summed E-state index contributed by atoms with van der Waals surface area (Å²) in [4.78, 5) is 3.10. The van der Waals surface area contributed by atoms with Crippen molar-refractivity contribution >= 4 is 11.6 Å². The van der Waals surface area contributed by atoms with E-state index in [2.05, 4.69) is 23.2 Å². The molecule has 100 valence electrons. The molecule has 0 atom stereocenters. The van der Waals surface area contributed by atoms with Crippen molar-refractivity contribution < 1.29 is 0 Å². The van der Waals surface area contributed by atoms with E-state index in [1.807, 2.05) is 66.9 Å². The maximum absolute atomic E-state index is 9.52. The number of aromatic amines is 1. The second-order valence-corrected chi connectivity index (χ2v) is 4.71. The van der Waals surface area contributed by atoms with Gasteiger partial charge in [-0.1, -0.05) is 54.6 Å². The summed E-state index contributed by atoms with van der Waals surface area (Å²) in [6.07, 6.45) is 3.73. The molecule has 3 aromatic rings. The van der Waals surface area contributed by atoms with Gasteiger partial charge in [0.1, 0.15) is 0 Å². The number of aromatic nitrogens is 1. The number of hydrogen-bond donors (Lipinski definition) is 1. The summed E-state index contributed by atoms with van der Waals surface area (Å²) in [7, 11) is 0. The minimum atomic E-state index is 0.650. The molecule has 1 N–H and O–H groups in total. The molecule has 1 aromatic heterocycles. The van der Waals surface area contributed by atoms with Crippen LogP contribution in [-0.4, -0.2) is 4.98 Å². The Hall–Kier alpha value is -3.05. The van der Waals surface area contributed by atoms with E-state index in [4.69, 9.17) is 0 Å². The van der Waals surface area contributed by atoms with Gasteiger partial charge in [-0.2, -0.15) is 5.26 Å². The minimum absolute atomic E-state index is 0.650. The number of hydrogen-bond acceptors (Lipinski definition) is 1. The Labute approximate surface area is 124 Å². The van der Waals surface area contributed by atoms with Crippen molar-refractivity contribution in [3.63, 3.8) is 0 Å². The van der Waals surface area contributed by atoms with E-state index in [1.165, 1.54) is 0 Å². The van der Waals surface area contributed by atoms with E-state index in [1.54, 1.807) is 0 Å². The van der Waals surface area contributed by atoms with Gasteiger partial charge in [0.05, 0.1) is 11.6 Å². The predicted molar refractivity (Wildman–Crippen MR) is 86.2 cm³/mol. The first-order valence-electron chi connectivity index (χ1n) is 6.78. The average Bonchev–Trinajstić information content (AvgIpc) is 3.07. The molecule has 0 aliphatic carbocycles. The Kier molecular flexibility index (Phi) is 3.66. The second kappa shape index (κ2) is 5.94. The van der Waals surface area contributed by atoms with Crippen LogP contribution >= 0.6 is 0 Å². The van der Waals surface area contributed by atoms with Crippen LogP contribution in [0, 0.1) is 11.3 Å². The fraction of sp³-hybridized carbons (Fsp3) is 0. The Morgan fingerprint density at radius 3 is 2.38 bits per heavy atom. The van der Waals surface area contributed by atoms with Crippen molar-refractivity contribution in [3.8, 4) is 17.2 Å². The lowest BCUT2D eigenvalue weighted by Crippen LogP contribution is -1.88. The molecular weight excluding hydrogens is 256 g/mol. The molecule has 3 rings (SSSR count). The second-order valence-electron chi connectivity index (χ2n) is 4.71. The van der Waals surface area contributed by atoms with Crippen LogP contribution in [0.2, 0.25) is 0 Å². The van der Waals surface area contributed by atoms with Gasteiger partial charge in [-0.15, -0.1) is 0 Å². The summed E-state index contributed by atoms with van der Waals surface area (Å²) in [6, 6.07) is 24.3. The lowest BCUT2D eigenvalue weighted by molar-refractivity contribution is 1.38. The molecule has 0 bridgehead atoms. The number of nitrogens with one attached hydrogen (secondary N) is 1. The Morgan fingerprint density at radius 1 is 0.905 bits per heavy atom.